The number of hydrogen-bond donors (Lipinski definition) is 1. The normalized spacial score (nSPS) is 10.2. The zero-order chi connectivity index (χ0) is 21.5. The van der Waals surface area contributed by atoms with Gasteiger partial charge in [0.25, 0.3) is 0 Å². The molecule has 0 fully saturated rings. The number of aromatic carboxylic acids is 1. The number of carboxylic acid groups (broad SMARTS) is 1. The van der Waals surface area contributed by atoms with Crippen LogP contribution in [0.3, 0.4) is 0 Å². The quantitative estimate of drug-likeness (QED) is 0.459. The van der Waals surface area contributed by atoms with E-state index < -0.39 is 5.97 Å². The molecule has 152 valence electrons. The summed E-state index contributed by atoms with van der Waals surface area (Å²) in [6.45, 7) is 1.84. The smallest absolute Gasteiger partial charge is 0.354 e. The van der Waals surface area contributed by atoms with Crippen molar-refractivity contribution >= 4 is 29.2 Å². The summed E-state index contributed by atoms with van der Waals surface area (Å²) in [6.07, 6.45) is 4.59. The number of aromatic nitrogens is 4. The molecule has 0 unspecified atom stereocenters. The molecule has 2 aromatic carbocycles. The van der Waals surface area contributed by atoms with Crippen molar-refractivity contribution in [1.29, 1.82) is 0 Å². The van der Waals surface area contributed by atoms with Crippen LogP contribution in [0.2, 0.25) is 10.0 Å². The van der Waals surface area contributed by atoms with Gasteiger partial charge >= 0.3 is 5.97 Å². The monoisotopic (exact) mass is 440 g/mol. The van der Waals surface area contributed by atoms with E-state index >= 15 is 0 Å². The minimum atomic E-state index is -1.08. The third-order valence-electron chi connectivity index (χ3n) is 4.14. The minimum absolute atomic E-state index is 0.0756. The molecule has 4 aromatic rings. The van der Waals surface area contributed by atoms with E-state index in [0.717, 1.165) is 0 Å². The molecule has 6 nitrogen and oxygen atoms in total. The average Bonchev–Trinajstić information content (AvgIpc) is 3.09. The Morgan fingerprint density at radius 2 is 1.73 bits per heavy atom. The number of rotatable bonds is 4. The second kappa shape index (κ2) is 10.0. The minimum Gasteiger partial charge on any atom is -0.477 e. The Morgan fingerprint density at radius 3 is 2.30 bits per heavy atom. The van der Waals surface area contributed by atoms with Crippen molar-refractivity contribution in [3.63, 3.8) is 0 Å². The van der Waals surface area contributed by atoms with Crippen LogP contribution in [0, 0.1) is 6.92 Å². The highest BCUT2D eigenvalue weighted by Gasteiger charge is 2.22. The van der Waals surface area contributed by atoms with Crippen LogP contribution in [0.15, 0.2) is 73.2 Å². The van der Waals surface area contributed by atoms with Crippen molar-refractivity contribution < 1.29 is 9.90 Å². The maximum Gasteiger partial charge on any atom is 0.354 e. The van der Waals surface area contributed by atoms with E-state index in [9.17, 15) is 9.90 Å². The highest BCUT2D eigenvalue weighted by Crippen LogP contribution is 2.26. The number of aryl methyl sites for hydroxylation is 1. The maximum atomic E-state index is 11.7. The molecule has 4 rings (SSSR count). The van der Waals surface area contributed by atoms with Gasteiger partial charge in [0.2, 0.25) is 0 Å². The number of carbonyl (C=O) groups is 1. The summed E-state index contributed by atoms with van der Waals surface area (Å²) in [5.41, 5.74) is 1.63. The molecular weight excluding hydrogens is 423 g/mol. The number of nitrogens with zero attached hydrogens (tertiary/aromatic N) is 4. The highest BCUT2D eigenvalue weighted by molar-refractivity contribution is 6.33. The molecule has 0 saturated carbocycles. The van der Waals surface area contributed by atoms with E-state index in [1.54, 1.807) is 29.7 Å². The first-order valence-corrected chi connectivity index (χ1v) is 9.73. The standard InChI is InChI=1S/C16H12Cl2N4O2.C6H6/c1-9-14(16(23)24)22(8-10-6-11(17)2-3-12(10)18)15(21-9)13-7-19-4-5-20-13;1-2-4-6-5-3-1/h2-7H,8H2,1H3,(H,23,24);1-6H. The van der Waals surface area contributed by atoms with Crippen molar-refractivity contribution in [3.05, 3.63) is 100 Å². The molecule has 0 atom stereocenters. The molecule has 0 aliphatic rings. The molecule has 30 heavy (non-hydrogen) atoms. The highest BCUT2D eigenvalue weighted by atomic mass is 35.5. The van der Waals surface area contributed by atoms with E-state index in [0.29, 0.717) is 32.8 Å². The van der Waals surface area contributed by atoms with Gasteiger partial charge in [-0.15, -0.1) is 0 Å². The molecule has 0 spiro atoms. The van der Waals surface area contributed by atoms with Crippen LogP contribution in [0.1, 0.15) is 21.7 Å². The van der Waals surface area contributed by atoms with Crippen molar-refractivity contribution in [2.24, 2.45) is 0 Å². The molecule has 0 bridgehead atoms. The summed E-state index contributed by atoms with van der Waals surface area (Å²) >= 11 is 12.2. The van der Waals surface area contributed by atoms with Gasteiger partial charge in [-0.05, 0) is 30.7 Å². The Kier molecular flexibility index (Phi) is 7.17. The van der Waals surface area contributed by atoms with Crippen LogP contribution in [-0.4, -0.2) is 30.6 Å². The number of benzene rings is 2. The van der Waals surface area contributed by atoms with Crippen LogP contribution >= 0.6 is 23.2 Å². The summed E-state index contributed by atoms with van der Waals surface area (Å²) in [5.74, 6) is -0.665. The fraction of sp³-hybridized carbons (Fsp3) is 0.0909. The fourth-order valence-corrected chi connectivity index (χ4v) is 3.20. The zero-order valence-corrected chi connectivity index (χ0v) is 17.5. The van der Waals surface area contributed by atoms with Crippen molar-refractivity contribution in [2.75, 3.05) is 0 Å². The third kappa shape index (κ3) is 5.23. The van der Waals surface area contributed by atoms with Gasteiger partial charge in [0.1, 0.15) is 5.69 Å². The van der Waals surface area contributed by atoms with E-state index in [-0.39, 0.29) is 12.2 Å². The Hall–Kier alpha value is -3.22. The van der Waals surface area contributed by atoms with Crippen LogP contribution in [-0.2, 0) is 6.54 Å². The second-order valence-corrected chi connectivity index (χ2v) is 7.09. The topological polar surface area (TPSA) is 80.9 Å². The Labute approximate surface area is 183 Å². The van der Waals surface area contributed by atoms with E-state index in [1.165, 1.54) is 18.6 Å². The summed E-state index contributed by atoms with van der Waals surface area (Å²) < 4.78 is 1.55. The molecule has 0 aliphatic carbocycles. The molecule has 0 saturated heterocycles. The molecule has 2 aromatic heterocycles. The zero-order valence-electron chi connectivity index (χ0n) is 16.0. The molecule has 0 aliphatic heterocycles. The summed E-state index contributed by atoms with van der Waals surface area (Å²) in [4.78, 5) is 24.2. The number of imidazole rings is 1. The SMILES string of the molecule is Cc1nc(-c2cnccn2)n(Cc2cc(Cl)ccc2Cl)c1C(=O)O.c1ccccc1. The summed E-state index contributed by atoms with van der Waals surface area (Å²) in [5, 5.41) is 10.6. The molecule has 2 heterocycles. The number of halogens is 2. The lowest BCUT2D eigenvalue weighted by molar-refractivity contribution is 0.0685. The predicted molar refractivity (Wildman–Crippen MR) is 117 cm³/mol. The van der Waals surface area contributed by atoms with Gasteiger partial charge in [-0.2, -0.15) is 0 Å². The van der Waals surface area contributed by atoms with Gasteiger partial charge in [-0.3, -0.25) is 4.98 Å². The maximum absolute atomic E-state index is 11.7. The molecule has 1 N–H and O–H groups in total. The molecule has 0 radical (unpaired) electrons. The lowest BCUT2D eigenvalue weighted by Gasteiger charge is -2.11. The number of hydrogen-bond acceptors (Lipinski definition) is 4. The first-order chi connectivity index (χ1) is 14.5. The van der Waals surface area contributed by atoms with Gasteiger partial charge in [-0.25, -0.2) is 14.8 Å². The van der Waals surface area contributed by atoms with Gasteiger partial charge < -0.3 is 9.67 Å². The van der Waals surface area contributed by atoms with Crippen LogP contribution < -0.4 is 0 Å². The first kappa shape index (κ1) is 21.5. The predicted octanol–water partition coefficient (Wildman–Crippen LogP) is 5.39. The largest absolute Gasteiger partial charge is 0.477 e. The second-order valence-electron chi connectivity index (χ2n) is 6.24. The Bertz CT molecular complexity index is 1110. The van der Waals surface area contributed by atoms with Crippen molar-refractivity contribution in [3.8, 4) is 11.5 Å². The average molecular weight is 441 g/mol. The van der Waals surface area contributed by atoms with Gasteiger partial charge in [-0.1, -0.05) is 59.6 Å². The first-order valence-electron chi connectivity index (χ1n) is 8.98. The van der Waals surface area contributed by atoms with Gasteiger partial charge in [0.05, 0.1) is 18.4 Å². The van der Waals surface area contributed by atoms with Crippen LogP contribution in [0.4, 0.5) is 0 Å². The van der Waals surface area contributed by atoms with E-state index in [4.69, 9.17) is 23.2 Å². The molecule has 0 amide bonds. The van der Waals surface area contributed by atoms with Crippen LogP contribution in [0.5, 0.6) is 0 Å². The Balaban J connectivity index is 0.000000367. The van der Waals surface area contributed by atoms with Crippen molar-refractivity contribution in [1.82, 2.24) is 19.5 Å². The third-order valence-corrected chi connectivity index (χ3v) is 4.74. The van der Waals surface area contributed by atoms with Crippen LogP contribution in [0.25, 0.3) is 11.5 Å². The summed E-state index contributed by atoms with van der Waals surface area (Å²) in [6, 6.07) is 17.0. The van der Waals surface area contributed by atoms with Crippen molar-refractivity contribution in [2.45, 2.75) is 13.5 Å². The number of carboxylic acids is 1. The van der Waals surface area contributed by atoms with E-state index in [1.807, 2.05) is 36.4 Å². The lowest BCUT2D eigenvalue weighted by atomic mass is 10.2. The van der Waals surface area contributed by atoms with Gasteiger partial charge in [0, 0.05) is 22.4 Å². The fourth-order valence-electron chi connectivity index (χ4n) is 2.83. The molecular formula is C22H18Cl2N4O2. The summed E-state index contributed by atoms with van der Waals surface area (Å²) in [7, 11) is 0. The molecule has 8 heteroatoms. The van der Waals surface area contributed by atoms with E-state index in [2.05, 4.69) is 15.0 Å². The lowest BCUT2D eigenvalue weighted by Crippen LogP contribution is -2.12. The van der Waals surface area contributed by atoms with Gasteiger partial charge in [0.15, 0.2) is 11.5 Å². The Morgan fingerprint density at radius 1 is 1.07 bits per heavy atom.